The molecule has 3 nitrogen and oxygen atoms in total. The number of ether oxygens (including phenoxy) is 2. The van der Waals surface area contributed by atoms with E-state index >= 15 is 0 Å². The van der Waals surface area contributed by atoms with Crippen molar-refractivity contribution >= 4 is 11.6 Å². The van der Waals surface area contributed by atoms with Crippen LogP contribution >= 0.6 is 11.6 Å². The average Bonchev–Trinajstić information content (AvgIpc) is 3.08. The van der Waals surface area contributed by atoms with Crippen LogP contribution in [-0.4, -0.2) is 13.3 Å². The van der Waals surface area contributed by atoms with Crippen LogP contribution in [0.5, 0.6) is 11.5 Å². The molecule has 0 radical (unpaired) electrons. The second-order valence-corrected chi connectivity index (χ2v) is 5.90. The Morgan fingerprint density at radius 3 is 2.58 bits per heavy atom. The number of benzene rings is 1. The van der Waals surface area contributed by atoms with Crippen LogP contribution in [0.4, 0.5) is 0 Å². The molecule has 2 N–H and O–H groups in total. The van der Waals surface area contributed by atoms with Gasteiger partial charge in [-0.2, -0.15) is 0 Å². The molecule has 0 amide bonds. The molecule has 2 aliphatic rings. The molecule has 0 atom stereocenters. The van der Waals surface area contributed by atoms with Crippen molar-refractivity contribution < 1.29 is 9.47 Å². The van der Waals surface area contributed by atoms with Gasteiger partial charge in [0.15, 0.2) is 11.5 Å². The molecule has 1 fully saturated rings. The predicted molar refractivity (Wildman–Crippen MR) is 76.2 cm³/mol. The summed E-state index contributed by atoms with van der Waals surface area (Å²) in [7, 11) is 0. The van der Waals surface area contributed by atoms with Crippen LogP contribution in [0, 0.1) is 0 Å². The Kier molecular flexibility index (Phi) is 3.35. The summed E-state index contributed by atoms with van der Waals surface area (Å²) >= 11 is 6.36. The maximum absolute atomic E-state index is 6.36. The van der Waals surface area contributed by atoms with E-state index < -0.39 is 0 Å². The smallest absolute Gasteiger partial charge is 0.231 e. The number of fused-ring (bicyclic) bond motifs is 1. The molecule has 104 valence electrons. The van der Waals surface area contributed by atoms with E-state index in [0.29, 0.717) is 17.3 Å². The Bertz CT molecular complexity index is 495. The Morgan fingerprint density at radius 2 is 1.95 bits per heavy atom. The fourth-order valence-corrected chi connectivity index (χ4v) is 3.79. The summed E-state index contributed by atoms with van der Waals surface area (Å²) in [5.74, 6) is 1.54. The van der Waals surface area contributed by atoms with E-state index in [1.54, 1.807) is 0 Å². The van der Waals surface area contributed by atoms with Crippen LogP contribution in [0.1, 0.15) is 43.7 Å². The van der Waals surface area contributed by atoms with Gasteiger partial charge in [-0.15, -0.1) is 0 Å². The molecule has 1 aliphatic heterocycles. The molecule has 0 bridgehead atoms. The monoisotopic (exact) mass is 281 g/mol. The van der Waals surface area contributed by atoms with Crippen LogP contribution in [0.2, 0.25) is 5.02 Å². The van der Waals surface area contributed by atoms with Crippen LogP contribution in [0.3, 0.4) is 0 Å². The van der Waals surface area contributed by atoms with Crippen molar-refractivity contribution in [2.75, 3.05) is 13.3 Å². The van der Waals surface area contributed by atoms with Gasteiger partial charge in [-0.25, -0.2) is 0 Å². The zero-order valence-corrected chi connectivity index (χ0v) is 12.1. The first-order valence-electron chi connectivity index (χ1n) is 7.03. The van der Waals surface area contributed by atoms with Gasteiger partial charge in [0.2, 0.25) is 6.79 Å². The molecule has 1 aliphatic carbocycles. The highest BCUT2D eigenvalue weighted by atomic mass is 35.5. The Labute approximate surface area is 119 Å². The summed E-state index contributed by atoms with van der Waals surface area (Å²) < 4.78 is 11.1. The van der Waals surface area contributed by atoms with E-state index in [1.165, 1.54) is 24.0 Å². The van der Waals surface area contributed by atoms with Crippen LogP contribution in [0.25, 0.3) is 0 Å². The lowest BCUT2D eigenvalue weighted by molar-refractivity contribution is 0.173. The molecule has 0 saturated heterocycles. The summed E-state index contributed by atoms with van der Waals surface area (Å²) in [6.07, 6.45) is 5.69. The Morgan fingerprint density at radius 1 is 1.26 bits per heavy atom. The second-order valence-electron chi connectivity index (χ2n) is 5.49. The van der Waals surface area contributed by atoms with Crippen LogP contribution in [0.15, 0.2) is 6.07 Å². The largest absolute Gasteiger partial charge is 0.453 e. The first kappa shape index (κ1) is 13.1. The van der Waals surface area contributed by atoms with Crippen molar-refractivity contribution in [3.8, 4) is 11.5 Å². The minimum absolute atomic E-state index is 0.0793. The fraction of sp³-hybridized carbons (Fsp3) is 0.600. The van der Waals surface area contributed by atoms with Crippen molar-refractivity contribution in [2.24, 2.45) is 5.73 Å². The predicted octanol–water partition coefficient (Wildman–Crippen LogP) is 3.40. The van der Waals surface area contributed by atoms with E-state index in [-0.39, 0.29) is 12.2 Å². The zero-order chi connectivity index (χ0) is 13.5. The number of rotatable bonds is 3. The van der Waals surface area contributed by atoms with E-state index in [0.717, 1.165) is 25.0 Å². The van der Waals surface area contributed by atoms with Gasteiger partial charge in [0.25, 0.3) is 0 Å². The number of hydrogen-bond donors (Lipinski definition) is 1. The molecule has 0 aromatic heterocycles. The quantitative estimate of drug-likeness (QED) is 0.923. The molecule has 0 spiro atoms. The number of nitrogens with two attached hydrogens (primary N) is 1. The van der Waals surface area contributed by atoms with Gasteiger partial charge >= 0.3 is 0 Å². The third kappa shape index (κ3) is 1.91. The minimum Gasteiger partial charge on any atom is -0.453 e. The van der Waals surface area contributed by atoms with Crippen molar-refractivity contribution in [3.63, 3.8) is 0 Å². The van der Waals surface area contributed by atoms with Gasteiger partial charge in [-0.1, -0.05) is 31.4 Å². The molecule has 0 unspecified atom stereocenters. The fourth-order valence-electron chi connectivity index (χ4n) is 3.54. The molecule has 1 saturated carbocycles. The maximum atomic E-state index is 6.36. The lowest BCUT2D eigenvalue weighted by Crippen LogP contribution is -2.33. The van der Waals surface area contributed by atoms with E-state index in [9.17, 15) is 0 Å². The normalized spacial score (nSPS) is 19.9. The van der Waals surface area contributed by atoms with Crippen molar-refractivity contribution in [2.45, 2.75) is 44.4 Å². The highest BCUT2D eigenvalue weighted by Gasteiger charge is 2.38. The Balaban J connectivity index is 2.18. The molecule has 4 heteroatoms. The summed E-state index contributed by atoms with van der Waals surface area (Å²) in [6.45, 7) is 3.09. The van der Waals surface area contributed by atoms with Gasteiger partial charge in [-0.3, -0.25) is 0 Å². The third-order valence-electron chi connectivity index (χ3n) is 4.58. The summed E-state index contributed by atoms with van der Waals surface area (Å²) in [4.78, 5) is 0. The standard InChI is InChI=1S/C15H20ClNO2/c1-2-10-11(15(8-17)5-3-4-6-15)7-12(16)14-13(10)18-9-19-14/h7H,2-6,8-9,17H2,1H3. The summed E-state index contributed by atoms with van der Waals surface area (Å²) in [5.41, 5.74) is 8.69. The Hall–Kier alpha value is -0.930. The van der Waals surface area contributed by atoms with E-state index in [1.807, 2.05) is 0 Å². The highest BCUT2D eigenvalue weighted by molar-refractivity contribution is 6.32. The minimum atomic E-state index is 0.0793. The third-order valence-corrected chi connectivity index (χ3v) is 4.86. The summed E-state index contributed by atoms with van der Waals surface area (Å²) in [6, 6.07) is 2.06. The zero-order valence-electron chi connectivity index (χ0n) is 11.3. The van der Waals surface area contributed by atoms with Crippen LogP contribution < -0.4 is 15.2 Å². The number of hydrogen-bond acceptors (Lipinski definition) is 3. The first-order valence-corrected chi connectivity index (χ1v) is 7.41. The number of halogens is 1. The molecule has 1 heterocycles. The molecule has 1 aromatic rings. The van der Waals surface area contributed by atoms with Crippen molar-refractivity contribution in [1.82, 2.24) is 0 Å². The first-order chi connectivity index (χ1) is 9.22. The lowest BCUT2D eigenvalue weighted by atomic mass is 9.76. The SMILES string of the molecule is CCc1c(C2(CN)CCCC2)cc(Cl)c2c1OCO2. The molecule has 1 aromatic carbocycles. The second kappa shape index (κ2) is 4.88. The molecule has 3 rings (SSSR count). The van der Waals surface area contributed by atoms with E-state index in [4.69, 9.17) is 26.8 Å². The molecular weight excluding hydrogens is 262 g/mol. The molecular formula is C15H20ClNO2. The summed E-state index contributed by atoms with van der Waals surface area (Å²) in [5, 5.41) is 0.652. The van der Waals surface area contributed by atoms with Crippen molar-refractivity contribution in [1.29, 1.82) is 0 Å². The van der Waals surface area contributed by atoms with Gasteiger partial charge in [-0.05, 0) is 30.9 Å². The highest BCUT2D eigenvalue weighted by Crippen LogP contribution is 2.50. The van der Waals surface area contributed by atoms with Gasteiger partial charge < -0.3 is 15.2 Å². The topological polar surface area (TPSA) is 44.5 Å². The lowest BCUT2D eigenvalue weighted by Gasteiger charge is -2.31. The van der Waals surface area contributed by atoms with Gasteiger partial charge in [0.05, 0.1) is 5.02 Å². The van der Waals surface area contributed by atoms with E-state index in [2.05, 4.69) is 13.0 Å². The van der Waals surface area contributed by atoms with Gasteiger partial charge in [0, 0.05) is 17.5 Å². The van der Waals surface area contributed by atoms with Gasteiger partial charge in [0.1, 0.15) is 0 Å². The average molecular weight is 282 g/mol. The van der Waals surface area contributed by atoms with Crippen LogP contribution in [-0.2, 0) is 11.8 Å². The molecule has 19 heavy (non-hydrogen) atoms. The maximum Gasteiger partial charge on any atom is 0.231 e. The van der Waals surface area contributed by atoms with Crippen molar-refractivity contribution in [3.05, 3.63) is 22.2 Å².